The molecule has 144 valence electrons. The number of nitrogens with one attached hydrogen (secondary N) is 1. The lowest BCUT2D eigenvalue weighted by molar-refractivity contribution is -0.127. The molecular weight excluding hydrogens is 348 g/mol. The van der Waals surface area contributed by atoms with E-state index in [0.717, 1.165) is 5.69 Å². The van der Waals surface area contributed by atoms with Gasteiger partial charge in [0.05, 0.1) is 31.1 Å². The molecule has 3 heterocycles. The quantitative estimate of drug-likeness (QED) is 0.697. The monoisotopic (exact) mass is 372 g/mol. The highest BCUT2D eigenvalue weighted by molar-refractivity contribution is 6.04. The number of rotatable bonds is 8. The molecule has 0 unspecified atom stereocenters. The van der Waals surface area contributed by atoms with Crippen LogP contribution in [0.4, 0.5) is 4.79 Å². The second-order valence-electron chi connectivity index (χ2n) is 6.80. The van der Waals surface area contributed by atoms with Gasteiger partial charge in [0.25, 0.3) is 5.91 Å². The summed E-state index contributed by atoms with van der Waals surface area (Å²) in [5, 5.41) is 10.8. The van der Waals surface area contributed by atoms with E-state index in [-0.39, 0.29) is 18.4 Å². The van der Waals surface area contributed by atoms with Gasteiger partial charge in [0.2, 0.25) is 0 Å². The van der Waals surface area contributed by atoms with Crippen molar-refractivity contribution in [3.05, 3.63) is 41.5 Å². The van der Waals surface area contributed by atoms with E-state index in [4.69, 9.17) is 4.74 Å². The third kappa shape index (κ3) is 4.48. The van der Waals surface area contributed by atoms with Crippen LogP contribution in [0.5, 0.6) is 0 Å². The molecule has 9 heteroatoms. The summed E-state index contributed by atoms with van der Waals surface area (Å²) >= 11 is 0. The number of pyridine rings is 1. The predicted octanol–water partition coefficient (Wildman–Crippen LogP) is 1.11. The molecule has 1 aliphatic rings. The van der Waals surface area contributed by atoms with Crippen molar-refractivity contribution in [1.82, 2.24) is 30.2 Å². The van der Waals surface area contributed by atoms with Crippen LogP contribution in [0.3, 0.4) is 0 Å². The molecule has 1 atom stereocenters. The molecule has 0 bridgehead atoms. The highest BCUT2D eigenvalue weighted by atomic mass is 16.5. The lowest BCUT2D eigenvalue weighted by atomic mass is 10.1. The fourth-order valence-electron chi connectivity index (χ4n) is 2.87. The van der Waals surface area contributed by atoms with Gasteiger partial charge in [-0.25, -0.2) is 9.48 Å². The molecule has 0 aliphatic carbocycles. The SMILES string of the molecule is COCCn1cc(C[C@H]2NC(=O)N(Cc3cccc(C(C)C)n3)C2=O)nn1. The van der Waals surface area contributed by atoms with Gasteiger partial charge < -0.3 is 10.1 Å². The van der Waals surface area contributed by atoms with E-state index in [1.54, 1.807) is 18.0 Å². The highest BCUT2D eigenvalue weighted by Gasteiger charge is 2.38. The minimum absolute atomic E-state index is 0.155. The van der Waals surface area contributed by atoms with Crippen molar-refractivity contribution in [3.63, 3.8) is 0 Å². The van der Waals surface area contributed by atoms with Gasteiger partial charge in [0, 0.05) is 25.4 Å². The molecule has 3 rings (SSSR count). The maximum Gasteiger partial charge on any atom is 0.325 e. The van der Waals surface area contributed by atoms with Crippen molar-refractivity contribution in [2.45, 2.75) is 45.3 Å². The fraction of sp³-hybridized carbons (Fsp3) is 0.500. The zero-order chi connectivity index (χ0) is 19.4. The number of methoxy groups -OCH3 is 1. The number of urea groups is 1. The Hall–Kier alpha value is -2.81. The number of carbonyl (C=O) groups excluding carboxylic acids is 2. The number of hydrogen-bond donors (Lipinski definition) is 1. The van der Waals surface area contributed by atoms with Crippen LogP contribution in [0.2, 0.25) is 0 Å². The molecule has 0 aromatic carbocycles. The molecule has 0 radical (unpaired) electrons. The number of hydrogen-bond acceptors (Lipinski definition) is 6. The first kappa shape index (κ1) is 19.0. The Morgan fingerprint density at radius 2 is 2.07 bits per heavy atom. The average molecular weight is 372 g/mol. The fourth-order valence-corrected chi connectivity index (χ4v) is 2.87. The number of ether oxygens (including phenoxy) is 1. The molecule has 2 aromatic heterocycles. The molecule has 0 spiro atoms. The summed E-state index contributed by atoms with van der Waals surface area (Å²) in [7, 11) is 1.62. The summed E-state index contributed by atoms with van der Waals surface area (Å²) in [4.78, 5) is 30.7. The maximum absolute atomic E-state index is 12.7. The van der Waals surface area contributed by atoms with E-state index in [2.05, 4.69) is 34.5 Å². The Labute approximate surface area is 157 Å². The van der Waals surface area contributed by atoms with Crippen molar-refractivity contribution >= 4 is 11.9 Å². The second kappa shape index (κ2) is 8.26. The first-order valence-corrected chi connectivity index (χ1v) is 8.93. The third-order valence-electron chi connectivity index (χ3n) is 4.37. The van der Waals surface area contributed by atoms with Crippen LogP contribution in [0.1, 0.15) is 36.8 Å². The first-order valence-electron chi connectivity index (χ1n) is 8.93. The van der Waals surface area contributed by atoms with Crippen molar-refractivity contribution in [2.75, 3.05) is 13.7 Å². The number of carbonyl (C=O) groups is 2. The number of nitrogens with zero attached hydrogens (tertiary/aromatic N) is 5. The van der Waals surface area contributed by atoms with Crippen molar-refractivity contribution in [3.8, 4) is 0 Å². The molecule has 2 aromatic rings. The number of aromatic nitrogens is 4. The van der Waals surface area contributed by atoms with Crippen LogP contribution in [-0.4, -0.2) is 56.6 Å². The largest absolute Gasteiger partial charge is 0.383 e. The zero-order valence-electron chi connectivity index (χ0n) is 15.8. The molecular formula is C18H24N6O3. The Kier molecular flexibility index (Phi) is 5.80. The van der Waals surface area contributed by atoms with Crippen LogP contribution in [0.25, 0.3) is 0 Å². The van der Waals surface area contributed by atoms with E-state index in [9.17, 15) is 9.59 Å². The summed E-state index contributed by atoms with van der Waals surface area (Å²) < 4.78 is 6.65. The topological polar surface area (TPSA) is 102 Å². The molecule has 1 N–H and O–H groups in total. The summed E-state index contributed by atoms with van der Waals surface area (Å²) in [6.07, 6.45) is 2.06. The molecule has 1 saturated heterocycles. The lowest BCUT2D eigenvalue weighted by Crippen LogP contribution is -2.32. The molecule has 3 amide bonds. The summed E-state index contributed by atoms with van der Waals surface area (Å²) in [5.41, 5.74) is 2.27. The van der Waals surface area contributed by atoms with E-state index >= 15 is 0 Å². The van der Waals surface area contributed by atoms with Gasteiger partial charge in [-0.2, -0.15) is 0 Å². The average Bonchev–Trinajstić information content (AvgIpc) is 3.20. The van der Waals surface area contributed by atoms with Crippen molar-refractivity contribution in [2.24, 2.45) is 0 Å². The number of imide groups is 1. The Balaban J connectivity index is 1.64. The van der Waals surface area contributed by atoms with Crippen molar-refractivity contribution < 1.29 is 14.3 Å². The van der Waals surface area contributed by atoms with Gasteiger partial charge in [-0.15, -0.1) is 5.10 Å². The van der Waals surface area contributed by atoms with Crippen LogP contribution >= 0.6 is 0 Å². The Morgan fingerprint density at radius 1 is 1.26 bits per heavy atom. The standard InChI is InChI=1S/C18H24N6O3/c1-12(2)15-6-4-5-13(19-15)11-24-17(25)16(20-18(24)26)9-14-10-23(22-21-14)7-8-27-3/h4-6,10,12,16H,7-9,11H2,1-3H3,(H,20,26)/t16-/m1/s1. The molecule has 1 aliphatic heterocycles. The van der Waals surface area contributed by atoms with Crippen LogP contribution in [0, 0.1) is 0 Å². The summed E-state index contributed by atoms with van der Waals surface area (Å²) in [6.45, 7) is 5.37. The number of amides is 3. The van der Waals surface area contributed by atoms with Gasteiger partial charge in [-0.3, -0.25) is 14.7 Å². The van der Waals surface area contributed by atoms with E-state index < -0.39 is 12.1 Å². The maximum atomic E-state index is 12.7. The van der Waals surface area contributed by atoms with E-state index in [1.165, 1.54) is 4.90 Å². The lowest BCUT2D eigenvalue weighted by Gasteiger charge is -2.13. The third-order valence-corrected chi connectivity index (χ3v) is 4.37. The Morgan fingerprint density at radius 3 is 2.81 bits per heavy atom. The molecule has 27 heavy (non-hydrogen) atoms. The molecule has 1 fully saturated rings. The van der Waals surface area contributed by atoms with Gasteiger partial charge in [-0.1, -0.05) is 25.1 Å². The minimum Gasteiger partial charge on any atom is -0.383 e. The minimum atomic E-state index is -0.640. The van der Waals surface area contributed by atoms with Gasteiger partial charge in [0.15, 0.2) is 0 Å². The summed E-state index contributed by atoms with van der Waals surface area (Å²) in [6, 6.07) is 4.61. The van der Waals surface area contributed by atoms with Crippen LogP contribution < -0.4 is 5.32 Å². The van der Waals surface area contributed by atoms with Gasteiger partial charge in [-0.05, 0) is 18.1 Å². The van der Waals surface area contributed by atoms with Crippen molar-refractivity contribution in [1.29, 1.82) is 0 Å². The highest BCUT2D eigenvalue weighted by Crippen LogP contribution is 2.16. The van der Waals surface area contributed by atoms with Gasteiger partial charge >= 0.3 is 6.03 Å². The van der Waals surface area contributed by atoms with Crippen LogP contribution in [-0.2, 0) is 29.0 Å². The summed E-state index contributed by atoms with van der Waals surface area (Å²) in [5.74, 6) is 0.00437. The van der Waals surface area contributed by atoms with Crippen LogP contribution in [0.15, 0.2) is 24.4 Å². The Bertz CT molecular complexity index is 819. The zero-order valence-corrected chi connectivity index (χ0v) is 15.8. The normalized spacial score (nSPS) is 17.0. The van der Waals surface area contributed by atoms with E-state index in [1.807, 2.05) is 18.2 Å². The molecule has 0 saturated carbocycles. The van der Waals surface area contributed by atoms with E-state index in [0.29, 0.717) is 31.0 Å². The second-order valence-corrected chi connectivity index (χ2v) is 6.80. The predicted molar refractivity (Wildman–Crippen MR) is 96.8 cm³/mol. The smallest absolute Gasteiger partial charge is 0.325 e. The first-order chi connectivity index (χ1) is 13.0. The molecule has 9 nitrogen and oxygen atoms in total. The van der Waals surface area contributed by atoms with Gasteiger partial charge in [0.1, 0.15) is 6.04 Å².